The summed E-state index contributed by atoms with van der Waals surface area (Å²) < 4.78 is 17.8. The molecule has 0 spiro atoms. The van der Waals surface area contributed by atoms with Crippen LogP contribution in [-0.2, 0) is 6.54 Å². The quantitative estimate of drug-likeness (QED) is 0.831. The minimum atomic E-state index is -1.09. The molecule has 2 rings (SSSR count). The van der Waals surface area contributed by atoms with Gasteiger partial charge in [-0.2, -0.15) is 4.39 Å². The molecule has 20 heavy (non-hydrogen) atoms. The molecule has 2 N–H and O–H groups in total. The predicted octanol–water partition coefficient (Wildman–Crippen LogP) is 1.75. The fraction of sp³-hybridized carbons (Fsp3) is 0.154. The van der Waals surface area contributed by atoms with Gasteiger partial charge in [-0.05, 0) is 25.1 Å². The van der Waals surface area contributed by atoms with E-state index in [2.05, 4.69) is 10.3 Å². The van der Waals surface area contributed by atoms with E-state index < -0.39 is 17.8 Å². The number of nitrogens with zero attached hydrogens (tertiary/aromatic N) is 1. The number of hydrogen-bond acceptors (Lipinski definition) is 4. The number of carbonyl (C=O) groups is 2. The zero-order chi connectivity index (χ0) is 14.7. The molecule has 6 nitrogen and oxygen atoms in total. The first-order valence-electron chi connectivity index (χ1n) is 5.69. The van der Waals surface area contributed by atoms with Gasteiger partial charge in [0.25, 0.3) is 5.91 Å². The summed E-state index contributed by atoms with van der Waals surface area (Å²) in [7, 11) is 0. The van der Waals surface area contributed by atoms with Crippen molar-refractivity contribution >= 4 is 11.9 Å². The summed E-state index contributed by atoms with van der Waals surface area (Å²) in [5.41, 5.74) is 0.255. The number of hydrogen-bond donors (Lipinski definition) is 2. The molecule has 2 aromatic rings. The van der Waals surface area contributed by atoms with E-state index in [0.29, 0.717) is 5.76 Å². The smallest absolute Gasteiger partial charge is 0.339 e. The minimum absolute atomic E-state index is 0.0321. The molecule has 0 aromatic carbocycles. The van der Waals surface area contributed by atoms with E-state index in [9.17, 15) is 14.0 Å². The van der Waals surface area contributed by atoms with Crippen molar-refractivity contribution in [2.45, 2.75) is 13.5 Å². The number of furan rings is 1. The Morgan fingerprint density at radius 1 is 1.45 bits per heavy atom. The highest BCUT2D eigenvalue weighted by atomic mass is 19.1. The van der Waals surface area contributed by atoms with Crippen LogP contribution in [-0.4, -0.2) is 22.0 Å². The Kier molecular flexibility index (Phi) is 3.79. The van der Waals surface area contributed by atoms with Crippen molar-refractivity contribution in [2.24, 2.45) is 0 Å². The summed E-state index contributed by atoms with van der Waals surface area (Å²) in [6.45, 7) is 1.56. The summed E-state index contributed by atoms with van der Waals surface area (Å²) in [6.07, 6.45) is 1.11. The number of carbonyl (C=O) groups excluding carboxylic acids is 1. The molecule has 0 aliphatic carbocycles. The third-order valence-corrected chi connectivity index (χ3v) is 2.61. The van der Waals surface area contributed by atoms with Gasteiger partial charge < -0.3 is 14.8 Å². The third kappa shape index (κ3) is 3.00. The highest BCUT2D eigenvalue weighted by Crippen LogP contribution is 2.14. The molecule has 0 saturated carbocycles. The lowest BCUT2D eigenvalue weighted by Gasteiger charge is -2.02. The largest absolute Gasteiger partial charge is 0.478 e. The van der Waals surface area contributed by atoms with Crippen molar-refractivity contribution in [1.82, 2.24) is 10.3 Å². The zero-order valence-corrected chi connectivity index (χ0v) is 10.5. The lowest BCUT2D eigenvalue weighted by molar-refractivity contribution is 0.0694. The first kappa shape index (κ1) is 13.7. The highest BCUT2D eigenvalue weighted by molar-refractivity contribution is 5.93. The standard InChI is InChI=1S/C13H11FN2O4/c1-7-10(13(18)19)4-9(20-7)6-16-12(17)8-2-3-11(14)15-5-8/h2-5H,6H2,1H3,(H,16,17)(H,18,19). The van der Waals surface area contributed by atoms with Crippen molar-refractivity contribution in [3.05, 3.63) is 53.0 Å². The number of halogens is 1. The van der Waals surface area contributed by atoms with Gasteiger partial charge in [-0.1, -0.05) is 0 Å². The topological polar surface area (TPSA) is 92.4 Å². The average Bonchev–Trinajstić information content (AvgIpc) is 2.78. The maximum atomic E-state index is 12.6. The maximum Gasteiger partial charge on any atom is 0.339 e. The van der Waals surface area contributed by atoms with Gasteiger partial charge in [0.15, 0.2) is 0 Å². The Balaban J connectivity index is 2.01. The third-order valence-electron chi connectivity index (χ3n) is 2.61. The molecule has 2 aromatic heterocycles. The molecule has 2 heterocycles. The maximum absolute atomic E-state index is 12.6. The van der Waals surface area contributed by atoms with Crippen LogP contribution in [0.25, 0.3) is 0 Å². The van der Waals surface area contributed by atoms with Crippen LogP contribution < -0.4 is 5.32 Å². The van der Waals surface area contributed by atoms with Crippen molar-refractivity contribution < 1.29 is 23.5 Å². The molecule has 0 fully saturated rings. The van der Waals surface area contributed by atoms with Crippen LogP contribution in [0.5, 0.6) is 0 Å². The van der Waals surface area contributed by atoms with Gasteiger partial charge in [0, 0.05) is 6.20 Å². The van der Waals surface area contributed by atoms with Crippen LogP contribution in [0.3, 0.4) is 0 Å². The van der Waals surface area contributed by atoms with Crippen LogP contribution in [0.1, 0.15) is 32.2 Å². The molecular weight excluding hydrogens is 267 g/mol. The van der Waals surface area contributed by atoms with E-state index in [4.69, 9.17) is 9.52 Å². The summed E-state index contributed by atoms with van der Waals surface area (Å²) in [6, 6.07) is 3.73. The van der Waals surface area contributed by atoms with Crippen LogP contribution in [0, 0.1) is 12.9 Å². The van der Waals surface area contributed by atoms with Gasteiger partial charge in [0.2, 0.25) is 5.95 Å². The molecular formula is C13H11FN2O4. The predicted molar refractivity (Wildman–Crippen MR) is 65.8 cm³/mol. The number of aromatic nitrogens is 1. The second-order valence-electron chi connectivity index (χ2n) is 4.04. The summed E-state index contributed by atoms with van der Waals surface area (Å²) in [4.78, 5) is 25.9. The van der Waals surface area contributed by atoms with Gasteiger partial charge in [0.1, 0.15) is 17.1 Å². The van der Waals surface area contributed by atoms with Crippen molar-refractivity contribution in [3.63, 3.8) is 0 Å². The van der Waals surface area contributed by atoms with Crippen LogP contribution in [0.15, 0.2) is 28.8 Å². The fourth-order valence-electron chi connectivity index (χ4n) is 1.62. The van der Waals surface area contributed by atoms with Gasteiger partial charge in [-0.15, -0.1) is 0 Å². The number of amides is 1. The number of nitrogens with one attached hydrogen (secondary N) is 1. The number of rotatable bonds is 4. The normalized spacial score (nSPS) is 10.3. The van der Waals surface area contributed by atoms with Gasteiger partial charge in [-0.3, -0.25) is 4.79 Å². The van der Waals surface area contributed by atoms with Crippen molar-refractivity contribution in [3.8, 4) is 0 Å². The highest BCUT2D eigenvalue weighted by Gasteiger charge is 2.14. The van der Waals surface area contributed by atoms with E-state index in [1.54, 1.807) is 0 Å². The number of pyridine rings is 1. The van der Waals surface area contributed by atoms with E-state index in [1.807, 2.05) is 0 Å². The Morgan fingerprint density at radius 2 is 2.20 bits per heavy atom. The molecule has 0 aliphatic heterocycles. The van der Waals surface area contributed by atoms with E-state index >= 15 is 0 Å². The fourth-order valence-corrected chi connectivity index (χ4v) is 1.62. The Labute approximate surface area is 113 Å². The number of aromatic carboxylic acids is 1. The first-order valence-corrected chi connectivity index (χ1v) is 5.69. The molecule has 0 unspecified atom stereocenters. The van der Waals surface area contributed by atoms with Crippen molar-refractivity contribution in [1.29, 1.82) is 0 Å². The Hall–Kier alpha value is -2.70. The van der Waals surface area contributed by atoms with Crippen molar-refractivity contribution in [2.75, 3.05) is 0 Å². The van der Waals surface area contributed by atoms with Gasteiger partial charge in [-0.25, -0.2) is 9.78 Å². The van der Waals surface area contributed by atoms with E-state index in [1.165, 1.54) is 19.1 Å². The molecule has 104 valence electrons. The molecule has 0 bridgehead atoms. The molecule has 0 radical (unpaired) electrons. The second kappa shape index (κ2) is 5.52. The Bertz CT molecular complexity index is 649. The second-order valence-corrected chi connectivity index (χ2v) is 4.04. The minimum Gasteiger partial charge on any atom is -0.478 e. The van der Waals surface area contributed by atoms with E-state index in [-0.39, 0.29) is 23.4 Å². The van der Waals surface area contributed by atoms with Gasteiger partial charge >= 0.3 is 5.97 Å². The lowest BCUT2D eigenvalue weighted by atomic mass is 10.2. The summed E-state index contributed by atoms with van der Waals surface area (Å²) >= 11 is 0. The molecule has 0 saturated heterocycles. The van der Waals surface area contributed by atoms with Crippen LogP contribution >= 0.6 is 0 Å². The lowest BCUT2D eigenvalue weighted by Crippen LogP contribution is -2.22. The molecule has 0 aliphatic rings. The number of aryl methyl sites for hydroxylation is 1. The average molecular weight is 278 g/mol. The first-order chi connectivity index (χ1) is 9.47. The van der Waals surface area contributed by atoms with Gasteiger partial charge in [0.05, 0.1) is 12.1 Å². The summed E-state index contributed by atoms with van der Waals surface area (Å²) in [5, 5.41) is 11.4. The van der Waals surface area contributed by atoms with Crippen LogP contribution in [0.2, 0.25) is 0 Å². The SMILES string of the molecule is Cc1oc(CNC(=O)c2ccc(F)nc2)cc1C(=O)O. The summed E-state index contributed by atoms with van der Waals surface area (Å²) in [5.74, 6) is -1.63. The monoisotopic (exact) mass is 278 g/mol. The molecule has 0 atom stereocenters. The Morgan fingerprint density at radius 3 is 2.75 bits per heavy atom. The molecule has 1 amide bonds. The number of carboxylic acid groups (broad SMARTS) is 1. The van der Waals surface area contributed by atoms with E-state index in [0.717, 1.165) is 12.3 Å². The number of carboxylic acids is 1. The van der Waals surface area contributed by atoms with Crippen LogP contribution in [0.4, 0.5) is 4.39 Å². The molecule has 7 heteroatoms. The zero-order valence-electron chi connectivity index (χ0n) is 10.5.